The Morgan fingerprint density at radius 1 is 1.48 bits per heavy atom. The van der Waals surface area contributed by atoms with Gasteiger partial charge in [0.05, 0.1) is 0 Å². The minimum atomic E-state index is -0.288. The van der Waals surface area contributed by atoms with Crippen molar-refractivity contribution in [3.05, 3.63) is 41.7 Å². The highest BCUT2D eigenvalue weighted by Crippen LogP contribution is 2.20. The number of allylic oxidation sites excluding steroid dienone is 1. The zero-order chi connectivity index (χ0) is 14.5. The fraction of sp³-hybridized carbons (Fsp3) is 0.438. The van der Waals surface area contributed by atoms with Crippen molar-refractivity contribution in [2.45, 2.75) is 13.3 Å². The number of hydrogen-bond acceptors (Lipinski definition) is 2. The number of amides is 1. The highest BCUT2D eigenvalue weighted by atomic mass is 35.5. The highest BCUT2D eigenvalue weighted by molar-refractivity contribution is 5.95. The van der Waals surface area contributed by atoms with Gasteiger partial charge in [-0.15, -0.1) is 12.4 Å². The molecule has 0 bridgehead atoms. The van der Waals surface area contributed by atoms with Gasteiger partial charge in [-0.2, -0.15) is 0 Å². The first kappa shape index (κ1) is 17.7. The minimum Gasteiger partial charge on any atom is -0.339 e. The molecule has 0 spiro atoms. The summed E-state index contributed by atoms with van der Waals surface area (Å²) in [6, 6.07) is 6.54. The molecule has 0 aliphatic carbocycles. The number of likely N-dealkylation sites (tertiary alicyclic amines) is 1. The Bertz CT molecular complexity index is 519. The molecule has 2 rings (SSSR count). The fourth-order valence-electron chi connectivity index (χ4n) is 2.62. The SMILES string of the molecule is CNCC1CCN(C(=O)/C=C(/C)c2ccccc2F)C1.Cl. The van der Waals surface area contributed by atoms with Gasteiger partial charge in [0, 0.05) is 24.7 Å². The van der Waals surface area contributed by atoms with Crippen LogP contribution in [0.5, 0.6) is 0 Å². The van der Waals surface area contributed by atoms with Crippen molar-refractivity contribution in [1.82, 2.24) is 10.2 Å². The van der Waals surface area contributed by atoms with Gasteiger partial charge in [-0.3, -0.25) is 4.79 Å². The number of halogens is 2. The van der Waals surface area contributed by atoms with Crippen LogP contribution < -0.4 is 5.32 Å². The summed E-state index contributed by atoms with van der Waals surface area (Å²) in [6.07, 6.45) is 2.57. The monoisotopic (exact) mass is 312 g/mol. The molecule has 0 aromatic heterocycles. The van der Waals surface area contributed by atoms with Gasteiger partial charge in [0.25, 0.3) is 0 Å². The Morgan fingerprint density at radius 3 is 2.86 bits per heavy atom. The molecule has 21 heavy (non-hydrogen) atoms. The molecule has 116 valence electrons. The molecular formula is C16H22ClFN2O. The summed E-state index contributed by atoms with van der Waals surface area (Å²) in [4.78, 5) is 14.0. The van der Waals surface area contributed by atoms with Crippen LogP contribution >= 0.6 is 12.4 Å². The molecule has 1 aliphatic heterocycles. The topological polar surface area (TPSA) is 32.3 Å². The molecular weight excluding hydrogens is 291 g/mol. The van der Waals surface area contributed by atoms with Gasteiger partial charge in [-0.05, 0) is 44.5 Å². The van der Waals surface area contributed by atoms with Crippen LogP contribution in [0.4, 0.5) is 4.39 Å². The zero-order valence-corrected chi connectivity index (χ0v) is 13.3. The number of carbonyl (C=O) groups excluding carboxylic acids is 1. The van der Waals surface area contributed by atoms with E-state index in [1.54, 1.807) is 31.2 Å². The number of nitrogens with zero attached hydrogens (tertiary/aromatic N) is 1. The zero-order valence-electron chi connectivity index (χ0n) is 12.4. The van der Waals surface area contributed by atoms with Gasteiger partial charge in [0.1, 0.15) is 5.82 Å². The fourth-order valence-corrected chi connectivity index (χ4v) is 2.62. The lowest BCUT2D eigenvalue weighted by Crippen LogP contribution is -2.29. The molecule has 1 aromatic carbocycles. The number of benzene rings is 1. The molecule has 1 heterocycles. The van der Waals surface area contributed by atoms with Crippen molar-refractivity contribution in [2.75, 3.05) is 26.7 Å². The Kier molecular flexibility index (Phi) is 6.85. The number of hydrogen-bond donors (Lipinski definition) is 1. The maximum Gasteiger partial charge on any atom is 0.246 e. The summed E-state index contributed by atoms with van der Waals surface area (Å²) < 4.78 is 13.7. The van der Waals surface area contributed by atoms with Crippen LogP contribution in [-0.4, -0.2) is 37.5 Å². The standard InChI is InChI=1S/C16H21FN2O.ClH/c1-12(14-5-3-4-6-15(14)17)9-16(20)19-8-7-13(11-19)10-18-2;/h3-6,9,13,18H,7-8,10-11H2,1-2H3;1H/b12-9-;. The van der Waals surface area contributed by atoms with Gasteiger partial charge >= 0.3 is 0 Å². The third-order valence-electron chi connectivity index (χ3n) is 3.73. The van der Waals surface area contributed by atoms with E-state index in [0.29, 0.717) is 17.1 Å². The predicted molar refractivity (Wildman–Crippen MR) is 85.9 cm³/mol. The summed E-state index contributed by atoms with van der Waals surface area (Å²) in [5.41, 5.74) is 1.16. The maximum absolute atomic E-state index is 13.7. The summed E-state index contributed by atoms with van der Waals surface area (Å²) in [6.45, 7) is 4.27. The number of carbonyl (C=O) groups is 1. The van der Waals surface area contributed by atoms with Crippen LogP contribution in [0.3, 0.4) is 0 Å². The van der Waals surface area contributed by atoms with E-state index >= 15 is 0 Å². The summed E-state index contributed by atoms with van der Waals surface area (Å²) in [7, 11) is 1.92. The molecule has 1 amide bonds. The summed E-state index contributed by atoms with van der Waals surface area (Å²) in [5.74, 6) is 0.207. The lowest BCUT2D eigenvalue weighted by molar-refractivity contribution is -0.125. The third-order valence-corrected chi connectivity index (χ3v) is 3.73. The Labute approximate surface area is 131 Å². The average molecular weight is 313 g/mol. The second-order valence-electron chi connectivity index (χ2n) is 5.30. The molecule has 1 aliphatic rings. The normalized spacial score (nSPS) is 18.5. The van der Waals surface area contributed by atoms with Crippen LogP contribution in [0.15, 0.2) is 30.3 Å². The van der Waals surface area contributed by atoms with Gasteiger partial charge in [-0.1, -0.05) is 18.2 Å². The summed E-state index contributed by atoms with van der Waals surface area (Å²) in [5, 5.41) is 3.14. The lowest BCUT2D eigenvalue weighted by Gasteiger charge is -2.15. The van der Waals surface area contributed by atoms with Crippen molar-refractivity contribution in [2.24, 2.45) is 5.92 Å². The first-order valence-electron chi connectivity index (χ1n) is 6.98. The van der Waals surface area contributed by atoms with Gasteiger partial charge in [0.15, 0.2) is 0 Å². The summed E-state index contributed by atoms with van der Waals surface area (Å²) >= 11 is 0. The first-order valence-corrected chi connectivity index (χ1v) is 6.98. The molecule has 1 saturated heterocycles. The molecule has 0 saturated carbocycles. The van der Waals surface area contributed by atoms with E-state index in [1.807, 2.05) is 11.9 Å². The van der Waals surface area contributed by atoms with Crippen LogP contribution in [0.25, 0.3) is 5.57 Å². The largest absolute Gasteiger partial charge is 0.339 e. The van der Waals surface area contributed by atoms with Crippen molar-refractivity contribution in [3.63, 3.8) is 0 Å². The van der Waals surface area contributed by atoms with Crippen molar-refractivity contribution >= 4 is 23.9 Å². The molecule has 5 heteroatoms. The molecule has 1 unspecified atom stereocenters. The number of nitrogens with one attached hydrogen (secondary N) is 1. The quantitative estimate of drug-likeness (QED) is 0.867. The van der Waals surface area contributed by atoms with E-state index in [4.69, 9.17) is 0 Å². The van der Waals surface area contributed by atoms with E-state index < -0.39 is 0 Å². The van der Waals surface area contributed by atoms with E-state index in [1.165, 1.54) is 6.07 Å². The Balaban J connectivity index is 0.00000220. The van der Waals surface area contributed by atoms with Crippen LogP contribution in [-0.2, 0) is 4.79 Å². The second-order valence-corrected chi connectivity index (χ2v) is 5.30. The van der Waals surface area contributed by atoms with Gasteiger partial charge in [-0.25, -0.2) is 4.39 Å². The second kappa shape index (κ2) is 8.15. The van der Waals surface area contributed by atoms with Gasteiger partial charge < -0.3 is 10.2 Å². The van der Waals surface area contributed by atoms with E-state index in [2.05, 4.69) is 5.32 Å². The Morgan fingerprint density at radius 2 is 2.19 bits per heavy atom. The van der Waals surface area contributed by atoms with Crippen LogP contribution in [0.2, 0.25) is 0 Å². The molecule has 1 fully saturated rings. The molecule has 1 atom stereocenters. The van der Waals surface area contributed by atoms with Crippen molar-refractivity contribution in [1.29, 1.82) is 0 Å². The Hall–Kier alpha value is -1.39. The van der Waals surface area contributed by atoms with Gasteiger partial charge in [0.2, 0.25) is 5.91 Å². The van der Waals surface area contributed by atoms with E-state index in [-0.39, 0.29) is 24.1 Å². The van der Waals surface area contributed by atoms with Crippen molar-refractivity contribution < 1.29 is 9.18 Å². The lowest BCUT2D eigenvalue weighted by atomic mass is 10.1. The van der Waals surface area contributed by atoms with E-state index in [9.17, 15) is 9.18 Å². The third kappa shape index (κ3) is 4.55. The van der Waals surface area contributed by atoms with Crippen LogP contribution in [0.1, 0.15) is 18.9 Å². The highest BCUT2D eigenvalue weighted by Gasteiger charge is 2.24. The molecule has 0 radical (unpaired) electrons. The molecule has 1 N–H and O–H groups in total. The predicted octanol–water partition coefficient (Wildman–Crippen LogP) is 2.72. The van der Waals surface area contributed by atoms with Crippen LogP contribution in [0, 0.1) is 11.7 Å². The smallest absolute Gasteiger partial charge is 0.246 e. The molecule has 3 nitrogen and oxygen atoms in total. The van der Waals surface area contributed by atoms with E-state index in [0.717, 1.165) is 26.1 Å². The maximum atomic E-state index is 13.7. The first-order chi connectivity index (χ1) is 9.61. The minimum absolute atomic E-state index is 0. The van der Waals surface area contributed by atoms with Crippen molar-refractivity contribution in [3.8, 4) is 0 Å². The number of rotatable bonds is 4. The average Bonchev–Trinajstić information content (AvgIpc) is 2.88. The molecule has 1 aromatic rings.